The number of carbonyl (C=O) groups excluding carboxylic acids is 1. The maximum atomic E-state index is 11.6. The Balaban J connectivity index is 2.03. The molecular formula is C14H27N3O3. The fourth-order valence-electron chi connectivity index (χ4n) is 2.15. The largest absolute Gasteiger partial charge is 0.481 e. The Morgan fingerprint density at radius 1 is 1.35 bits per heavy atom. The number of carboxylic acid groups (broad SMARTS) is 1. The van der Waals surface area contributed by atoms with Gasteiger partial charge in [0, 0.05) is 32.1 Å². The lowest BCUT2D eigenvalue weighted by atomic mass is 10.1. The molecule has 6 heteroatoms. The van der Waals surface area contributed by atoms with Crippen molar-refractivity contribution in [2.75, 3.05) is 26.2 Å². The molecule has 0 bridgehead atoms. The quantitative estimate of drug-likeness (QED) is 0.564. The average Bonchev–Trinajstić information content (AvgIpc) is 3.23. The number of likely N-dealkylation sites (N-methyl/N-ethyl adjacent to an activating group) is 1. The van der Waals surface area contributed by atoms with Crippen LogP contribution in [0.3, 0.4) is 0 Å². The number of nitrogens with zero attached hydrogens (tertiary/aromatic N) is 1. The highest BCUT2D eigenvalue weighted by Gasteiger charge is 2.27. The van der Waals surface area contributed by atoms with E-state index in [4.69, 9.17) is 5.11 Å². The van der Waals surface area contributed by atoms with E-state index in [2.05, 4.69) is 22.5 Å². The number of rotatable bonds is 10. The molecule has 0 aromatic carbocycles. The lowest BCUT2D eigenvalue weighted by molar-refractivity contribution is -0.137. The first-order valence-corrected chi connectivity index (χ1v) is 7.50. The van der Waals surface area contributed by atoms with E-state index >= 15 is 0 Å². The van der Waals surface area contributed by atoms with Crippen LogP contribution < -0.4 is 10.6 Å². The fourth-order valence-corrected chi connectivity index (χ4v) is 2.15. The van der Waals surface area contributed by atoms with Crippen LogP contribution in [-0.4, -0.2) is 54.2 Å². The number of amides is 2. The van der Waals surface area contributed by atoms with Crippen molar-refractivity contribution < 1.29 is 14.7 Å². The standard InChI is InChI=1S/C14H27N3O3/c1-3-17(12-5-6-12)9-8-15-14(20)16-10-11(2)4-7-13(18)19/h11-12H,3-10H2,1-2H3,(H,18,19)(H2,15,16,20). The maximum Gasteiger partial charge on any atom is 0.314 e. The van der Waals surface area contributed by atoms with Crippen LogP contribution in [0.1, 0.15) is 39.5 Å². The van der Waals surface area contributed by atoms with Gasteiger partial charge < -0.3 is 15.7 Å². The van der Waals surface area contributed by atoms with E-state index in [1.165, 1.54) is 12.8 Å². The normalized spacial score (nSPS) is 15.9. The van der Waals surface area contributed by atoms with E-state index in [9.17, 15) is 9.59 Å². The highest BCUT2D eigenvalue weighted by Crippen LogP contribution is 2.25. The first kappa shape index (κ1) is 16.8. The van der Waals surface area contributed by atoms with Gasteiger partial charge in [0.15, 0.2) is 0 Å². The van der Waals surface area contributed by atoms with Crippen molar-refractivity contribution in [3.05, 3.63) is 0 Å². The highest BCUT2D eigenvalue weighted by atomic mass is 16.4. The SMILES string of the molecule is CCN(CCNC(=O)NCC(C)CCC(=O)O)C1CC1. The Hall–Kier alpha value is -1.30. The number of hydrogen-bond donors (Lipinski definition) is 3. The van der Waals surface area contributed by atoms with Crippen molar-refractivity contribution in [1.82, 2.24) is 15.5 Å². The smallest absolute Gasteiger partial charge is 0.314 e. The molecule has 0 aromatic rings. The third-order valence-corrected chi connectivity index (χ3v) is 3.62. The van der Waals surface area contributed by atoms with E-state index in [0.29, 0.717) is 19.5 Å². The van der Waals surface area contributed by atoms with Crippen molar-refractivity contribution in [3.8, 4) is 0 Å². The van der Waals surface area contributed by atoms with Crippen LogP contribution in [0.5, 0.6) is 0 Å². The van der Waals surface area contributed by atoms with Gasteiger partial charge in [0.05, 0.1) is 0 Å². The molecule has 1 rings (SSSR count). The molecule has 1 fully saturated rings. The Labute approximate surface area is 120 Å². The predicted molar refractivity (Wildman–Crippen MR) is 77.7 cm³/mol. The van der Waals surface area contributed by atoms with Crippen molar-refractivity contribution >= 4 is 12.0 Å². The number of carboxylic acids is 1. The zero-order chi connectivity index (χ0) is 15.0. The monoisotopic (exact) mass is 285 g/mol. The Bertz CT molecular complexity index is 319. The van der Waals surface area contributed by atoms with Gasteiger partial charge in [-0.25, -0.2) is 4.79 Å². The molecule has 1 saturated carbocycles. The molecule has 0 heterocycles. The number of carbonyl (C=O) groups is 2. The molecule has 3 N–H and O–H groups in total. The van der Waals surface area contributed by atoms with Crippen molar-refractivity contribution in [1.29, 1.82) is 0 Å². The minimum absolute atomic E-state index is 0.150. The average molecular weight is 285 g/mol. The third-order valence-electron chi connectivity index (χ3n) is 3.62. The highest BCUT2D eigenvalue weighted by molar-refractivity contribution is 5.73. The van der Waals surface area contributed by atoms with Gasteiger partial charge in [0.25, 0.3) is 0 Å². The van der Waals surface area contributed by atoms with Crippen molar-refractivity contribution in [3.63, 3.8) is 0 Å². The van der Waals surface area contributed by atoms with Gasteiger partial charge in [0.2, 0.25) is 0 Å². The van der Waals surface area contributed by atoms with Crippen molar-refractivity contribution in [2.24, 2.45) is 5.92 Å². The molecule has 0 aliphatic heterocycles. The molecule has 2 amide bonds. The predicted octanol–water partition coefficient (Wildman–Crippen LogP) is 1.27. The molecule has 0 aromatic heterocycles. The van der Waals surface area contributed by atoms with Gasteiger partial charge >= 0.3 is 12.0 Å². The second-order valence-electron chi connectivity index (χ2n) is 5.53. The molecule has 0 radical (unpaired) electrons. The summed E-state index contributed by atoms with van der Waals surface area (Å²) in [5, 5.41) is 14.2. The molecule has 1 unspecified atom stereocenters. The summed E-state index contributed by atoms with van der Waals surface area (Å²) in [6, 6.07) is 0.555. The van der Waals surface area contributed by atoms with Gasteiger partial charge in [-0.3, -0.25) is 9.69 Å². The third kappa shape index (κ3) is 7.33. The minimum atomic E-state index is -0.791. The van der Waals surface area contributed by atoms with E-state index in [1.54, 1.807) is 0 Å². The summed E-state index contributed by atoms with van der Waals surface area (Å²) >= 11 is 0. The Kier molecular flexibility index (Phi) is 7.36. The summed E-state index contributed by atoms with van der Waals surface area (Å²) in [5.41, 5.74) is 0. The molecule has 1 atom stereocenters. The van der Waals surface area contributed by atoms with Crippen LogP contribution >= 0.6 is 0 Å². The second-order valence-corrected chi connectivity index (χ2v) is 5.53. The zero-order valence-electron chi connectivity index (χ0n) is 12.5. The van der Waals surface area contributed by atoms with E-state index in [0.717, 1.165) is 19.1 Å². The van der Waals surface area contributed by atoms with Gasteiger partial charge in [-0.2, -0.15) is 0 Å². The van der Waals surface area contributed by atoms with Crippen LogP contribution in [0.2, 0.25) is 0 Å². The lowest BCUT2D eigenvalue weighted by Gasteiger charge is -2.20. The fraction of sp³-hybridized carbons (Fsp3) is 0.857. The molecule has 0 saturated heterocycles. The van der Waals surface area contributed by atoms with E-state index in [1.807, 2.05) is 6.92 Å². The number of hydrogen-bond acceptors (Lipinski definition) is 3. The molecule has 6 nitrogen and oxygen atoms in total. The van der Waals surface area contributed by atoms with E-state index < -0.39 is 5.97 Å². The van der Waals surface area contributed by atoms with Gasteiger partial charge in [-0.15, -0.1) is 0 Å². The molecular weight excluding hydrogens is 258 g/mol. The first-order valence-electron chi connectivity index (χ1n) is 7.50. The lowest BCUT2D eigenvalue weighted by Crippen LogP contribution is -2.42. The number of nitrogens with one attached hydrogen (secondary N) is 2. The summed E-state index contributed by atoms with van der Waals surface area (Å²) in [5.74, 6) is -0.614. The summed E-state index contributed by atoms with van der Waals surface area (Å²) in [7, 11) is 0. The van der Waals surface area contributed by atoms with Crippen LogP contribution in [-0.2, 0) is 4.79 Å². The zero-order valence-corrected chi connectivity index (χ0v) is 12.5. The van der Waals surface area contributed by atoms with Gasteiger partial charge in [0.1, 0.15) is 0 Å². The molecule has 0 spiro atoms. The summed E-state index contributed by atoms with van der Waals surface area (Å²) in [6.45, 7) is 7.17. The van der Waals surface area contributed by atoms with Crippen LogP contribution in [0.4, 0.5) is 4.79 Å². The number of urea groups is 1. The van der Waals surface area contributed by atoms with Gasteiger partial charge in [-0.05, 0) is 31.7 Å². The Morgan fingerprint density at radius 3 is 2.60 bits per heavy atom. The maximum absolute atomic E-state index is 11.6. The van der Waals surface area contributed by atoms with Gasteiger partial charge in [-0.1, -0.05) is 13.8 Å². The first-order chi connectivity index (χ1) is 9.52. The van der Waals surface area contributed by atoms with E-state index in [-0.39, 0.29) is 18.4 Å². The summed E-state index contributed by atoms with van der Waals surface area (Å²) in [6.07, 6.45) is 3.29. The van der Waals surface area contributed by atoms with Crippen molar-refractivity contribution in [2.45, 2.75) is 45.6 Å². The molecule has 1 aliphatic carbocycles. The molecule has 1 aliphatic rings. The van der Waals surface area contributed by atoms with Crippen LogP contribution in [0.25, 0.3) is 0 Å². The summed E-state index contributed by atoms with van der Waals surface area (Å²) < 4.78 is 0. The topological polar surface area (TPSA) is 81.7 Å². The summed E-state index contributed by atoms with van der Waals surface area (Å²) in [4.78, 5) is 24.4. The minimum Gasteiger partial charge on any atom is -0.481 e. The second kappa shape index (κ2) is 8.79. The number of aliphatic carboxylic acids is 1. The molecule has 116 valence electrons. The van der Waals surface area contributed by atoms with Crippen LogP contribution in [0, 0.1) is 5.92 Å². The van der Waals surface area contributed by atoms with Crippen LogP contribution in [0.15, 0.2) is 0 Å². The Morgan fingerprint density at radius 2 is 2.05 bits per heavy atom. The molecule has 20 heavy (non-hydrogen) atoms.